The van der Waals surface area contributed by atoms with Gasteiger partial charge in [-0.3, -0.25) is 9.59 Å². The zero-order valence-electron chi connectivity index (χ0n) is 23.6. The number of amides is 1. The number of rotatable bonds is 13. The second-order valence-electron chi connectivity index (χ2n) is 10.2. The SMILES string of the molecule is CCOC(=O)CCc1ccc(OCc2cccc(-c3c(C)cc(OCCCN4CCCC4=O)cc3C)c2)cc1F. The fourth-order valence-electron chi connectivity index (χ4n) is 5.12. The number of carbonyl (C=O) groups is 2. The highest BCUT2D eigenvalue weighted by Crippen LogP contribution is 2.32. The van der Waals surface area contributed by atoms with E-state index in [4.69, 9.17) is 14.2 Å². The summed E-state index contributed by atoms with van der Waals surface area (Å²) in [5, 5.41) is 0. The molecule has 1 amide bonds. The Balaban J connectivity index is 1.34. The van der Waals surface area contributed by atoms with E-state index in [2.05, 4.69) is 38.1 Å². The van der Waals surface area contributed by atoms with E-state index >= 15 is 0 Å². The van der Waals surface area contributed by atoms with Gasteiger partial charge in [0, 0.05) is 32.0 Å². The molecule has 6 nitrogen and oxygen atoms in total. The molecule has 3 aromatic carbocycles. The van der Waals surface area contributed by atoms with Crippen molar-refractivity contribution in [1.29, 1.82) is 0 Å². The standard InChI is InChI=1S/C33H38FNO5/c1-4-38-32(37)14-12-26-11-13-28(21-30(26)34)40-22-25-8-5-9-27(20-25)33-23(2)18-29(19-24(33)3)39-17-7-16-35-15-6-10-31(35)36/h5,8-9,11,13,18-21H,4,6-7,10,12,14-17,22H2,1-3H3. The zero-order valence-corrected chi connectivity index (χ0v) is 23.6. The first-order chi connectivity index (χ1) is 19.3. The smallest absolute Gasteiger partial charge is 0.306 e. The molecule has 0 atom stereocenters. The van der Waals surface area contributed by atoms with Crippen molar-refractivity contribution in [2.75, 3.05) is 26.3 Å². The van der Waals surface area contributed by atoms with Crippen molar-refractivity contribution >= 4 is 11.9 Å². The highest BCUT2D eigenvalue weighted by molar-refractivity contribution is 5.78. The van der Waals surface area contributed by atoms with Crippen LogP contribution < -0.4 is 9.47 Å². The lowest BCUT2D eigenvalue weighted by Gasteiger charge is -2.17. The highest BCUT2D eigenvalue weighted by atomic mass is 19.1. The second-order valence-corrected chi connectivity index (χ2v) is 10.2. The van der Waals surface area contributed by atoms with E-state index in [0.717, 1.165) is 59.5 Å². The second kappa shape index (κ2) is 14.0. The van der Waals surface area contributed by atoms with Crippen molar-refractivity contribution in [3.05, 3.63) is 82.7 Å². The van der Waals surface area contributed by atoms with Crippen molar-refractivity contribution in [2.24, 2.45) is 0 Å². The molecule has 0 radical (unpaired) electrons. The number of hydrogen-bond acceptors (Lipinski definition) is 5. The van der Waals surface area contributed by atoms with E-state index < -0.39 is 5.82 Å². The van der Waals surface area contributed by atoms with E-state index in [1.54, 1.807) is 19.1 Å². The fourth-order valence-corrected chi connectivity index (χ4v) is 5.12. The maximum absolute atomic E-state index is 14.5. The van der Waals surface area contributed by atoms with Crippen LogP contribution in [-0.4, -0.2) is 43.1 Å². The number of ether oxygens (including phenoxy) is 3. The van der Waals surface area contributed by atoms with Crippen LogP contribution in [0.2, 0.25) is 0 Å². The molecule has 0 aromatic heterocycles. The van der Waals surface area contributed by atoms with Gasteiger partial charge in [-0.05, 0) is 97.7 Å². The predicted molar refractivity (Wildman–Crippen MR) is 153 cm³/mol. The minimum absolute atomic E-state index is 0.143. The van der Waals surface area contributed by atoms with Gasteiger partial charge in [-0.25, -0.2) is 4.39 Å². The topological polar surface area (TPSA) is 65.1 Å². The van der Waals surface area contributed by atoms with Crippen LogP contribution in [0.1, 0.15) is 54.9 Å². The molecule has 212 valence electrons. The number of hydrogen-bond donors (Lipinski definition) is 0. The van der Waals surface area contributed by atoms with Crippen LogP contribution in [0.15, 0.2) is 54.6 Å². The van der Waals surface area contributed by atoms with E-state index in [9.17, 15) is 14.0 Å². The van der Waals surface area contributed by atoms with Gasteiger partial charge in [-0.2, -0.15) is 0 Å². The van der Waals surface area contributed by atoms with Gasteiger partial charge in [-0.1, -0.05) is 24.3 Å². The van der Waals surface area contributed by atoms with Crippen molar-refractivity contribution in [3.8, 4) is 22.6 Å². The summed E-state index contributed by atoms with van der Waals surface area (Å²) in [6.07, 6.45) is 2.87. The summed E-state index contributed by atoms with van der Waals surface area (Å²) >= 11 is 0. The summed E-state index contributed by atoms with van der Waals surface area (Å²) in [6.45, 7) is 8.70. The van der Waals surface area contributed by atoms with Gasteiger partial charge >= 0.3 is 5.97 Å². The normalized spacial score (nSPS) is 13.0. The number of aryl methyl sites for hydroxylation is 3. The molecular weight excluding hydrogens is 509 g/mol. The number of carbonyl (C=O) groups excluding carboxylic acids is 2. The van der Waals surface area contributed by atoms with Crippen LogP contribution in [0.3, 0.4) is 0 Å². The molecule has 4 rings (SSSR count). The third kappa shape index (κ3) is 7.84. The summed E-state index contributed by atoms with van der Waals surface area (Å²) < 4.78 is 31.4. The summed E-state index contributed by atoms with van der Waals surface area (Å²) in [5.74, 6) is 0.788. The number of esters is 1. The molecule has 0 unspecified atom stereocenters. The van der Waals surface area contributed by atoms with Gasteiger partial charge < -0.3 is 19.1 Å². The molecule has 40 heavy (non-hydrogen) atoms. The summed E-state index contributed by atoms with van der Waals surface area (Å²) in [6, 6.07) is 17.0. The Morgan fingerprint density at radius 1 is 1.00 bits per heavy atom. The lowest BCUT2D eigenvalue weighted by molar-refractivity contribution is -0.143. The minimum atomic E-state index is -0.395. The number of nitrogens with zero attached hydrogens (tertiary/aromatic N) is 1. The molecule has 0 bridgehead atoms. The quantitative estimate of drug-likeness (QED) is 0.179. The van der Waals surface area contributed by atoms with Gasteiger partial charge in [-0.15, -0.1) is 0 Å². The molecular formula is C33H38FNO5. The van der Waals surface area contributed by atoms with E-state index in [1.807, 2.05) is 17.0 Å². The monoisotopic (exact) mass is 547 g/mol. The van der Waals surface area contributed by atoms with Crippen molar-refractivity contribution < 1.29 is 28.2 Å². The Labute approximate surface area is 236 Å². The van der Waals surface area contributed by atoms with Gasteiger partial charge in [0.2, 0.25) is 5.91 Å². The molecule has 3 aromatic rings. The average molecular weight is 548 g/mol. The first-order valence-corrected chi connectivity index (χ1v) is 14.0. The van der Waals surface area contributed by atoms with Gasteiger partial charge in [0.25, 0.3) is 0 Å². The van der Waals surface area contributed by atoms with Crippen LogP contribution in [0.5, 0.6) is 11.5 Å². The van der Waals surface area contributed by atoms with Crippen molar-refractivity contribution in [3.63, 3.8) is 0 Å². The summed E-state index contributed by atoms with van der Waals surface area (Å²) in [5.41, 5.74) is 5.89. The van der Waals surface area contributed by atoms with E-state index in [1.165, 1.54) is 6.07 Å². The molecule has 1 saturated heterocycles. The largest absolute Gasteiger partial charge is 0.494 e. The lowest BCUT2D eigenvalue weighted by Crippen LogP contribution is -2.26. The molecule has 0 saturated carbocycles. The maximum Gasteiger partial charge on any atom is 0.306 e. The summed E-state index contributed by atoms with van der Waals surface area (Å²) in [4.78, 5) is 25.2. The Hall–Kier alpha value is -3.87. The fraction of sp³-hybridized carbons (Fsp3) is 0.394. The Morgan fingerprint density at radius 3 is 2.50 bits per heavy atom. The Bertz CT molecular complexity index is 1320. The predicted octanol–water partition coefficient (Wildman–Crippen LogP) is 6.58. The molecule has 1 heterocycles. The third-order valence-corrected chi connectivity index (χ3v) is 7.07. The zero-order chi connectivity index (χ0) is 28.5. The molecule has 1 aliphatic heterocycles. The van der Waals surface area contributed by atoms with Gasteiger partial charge in [0.1, 0.15) is 23.9 Å². The number of likely N-dealkylation sites (tertiary alicyclic amines) is 1. The van der Waals surface area contributed by atoms with Crippen molar-refractivity contribution in [2.45, 2.75) is 59.5 Å². The van der Waals surface area contributed by atoms with E-state index in [0.29, 0.717) is 37.6 Å². The minimum Gasteiger partial charge on any atom is -0.494 e. The molecule has 0 spiro atoms. The molecule has 0 N–H and O–H groups in total. The van der Waals surface area contributed by atoms with Crippen LogP contribution in [0.4, 0.5) is 4.39 Å². The molecule has 0 aliphatic carbocycles. The maximum atomic E-state index is 14.5. The van der Waals surface area contributed by atoms with Crippen LogP contribution in [-0.2, 0) is 27.4 Å². The Morgan fingerprint density at radius 2 is 1.80 bits per heavy atom. The van der Waals surface area contributed by atoms with E-state index in [-0.39, 0.29) is 24.7 Å². The summed E-state index contributed by atoms with van der Waals surface area (Å²) in [7, 11) is 0. The van der Waals surface area contributed by atoms with Crippen molar-refractivity contribution in [1.82, 2.24) is 4.90 Å². The molecule has 7 heteroatoms. The van der Waals surface area contributed by atoms with Crippen LogP contribution in [0, 0.1) is 19.7 Å². The first-order valence-electron chi connectivity index (χ1n) is 14.0. The van der Waals surface area contributed by atoms with Crippen LogP contribution >= 0.6 is 0 Å². The lowest BCUT2D eigenvalue weighted by atomic mass is 9.94. The number of halogens is 1. The third-order valence-electron chi connectivity index (χ3n) is 7.07. The molecule has 1 fully saturated rings. The van der Waals surface area contributed by atoms with Gasteiger partial charge in [0.05, 0.1) is 13.2 Å². The van der Waals surface area contributed by atoms with Crippen LogP contribution in [0.25, 0.3) is 11.1 Å². The first kappa shape index (κ1) is 29.1. The average Bonchev–Trinajstić information content (AvgIpc) is 3.34. The molecule has 1 aliphatic rings. The number of benzene rings is 3. The highest BCUT2D eigenvalue weighted by Gasteiger charge is 2.19. The van der Waals surface area contributed by atoms with Gasteiger partial charge in [0.15, 0.2) is 0 Å². The Kier molecular flexibility index (Phi) is 10.2.